The van der Waals surface area contributed by atoms with Gasteiger partial charge in [-0.2, -0.15) is 0 Å². The highest BCUT2D eigenvalue weighted by Crippen LogP contribution is 2.48. The monoisotopic (exact) mass is 368 g/mol. The van der Waals surface area contributed by atoms with E-state index in [1.54, 1.807) is 0 Å². The van der Waals surface area contributed by atoms with Crippen LogP contribution in [0, 0.1) is 23.7 Å². The minimum atomic E-state index is -1.32. The Labute approximate surface area is 153 Å². The molecule has 0 aliphatic heterocycles. The highest BCUT2D eigenvalue weighted by atomic mass is 16.7. The zero-order valence-electron chi connectivity index (χ0n) is 14.9. The summed E-state index contributed by atoms with van der Waals surface area (Å²) in [5.41, 5.74) is 0. The first kappa shape index (κ1) is 17.9. The topological polar surface area (TPSA) is 102 Å². The maximum absolute atomic E-state index is 12.4. The van der Waals surface area contributed by atoms with Gasteiger partial charge in [0.1, 0.15) is 18.3 Å². The number of fused-ring (bicyclic) bond motifs is 3. The van der Waals surface area contributed by atoms with Crippen molar-refractivity contribution >= 4 is 12.3 Å². The summed E-state index contributed by atoms with van der Waals surface area (Å²) in [6, 6.07) is 0. The summed E-state index contributed by atoms with van der Waals surface area (Å²) in [5, 5.41) is 19.2. The molecular weight excluding hydrogens is 340 g/mol. The van der Waals surface area contributed by atoms with E-state index in [0.29, 0.717) is 12.8 Å². The predicted octanol–water partition coefficient (Wildman–Crippen LogP) is 3.33. The van der Waals surface area contributed by atoms with Gasteiger partial charge in [-0.25, -0.2) is 9.59 Å². The number of hydrogen-bond donors (Lipinski definition) is 2. The number of rotatable bonds is 3. The molecule has 0 aromatic carbocycles. The van der Waals surface area contributed by atoms with Crippen LogP contribution in [0.2, 0.25) is 0 Å². The van der Waals surface area contributed by atoms with Crippen molar-refractivity contribution in [2.45, 2.75) is 82.2 Å². The number of carbonyl (C=O) groups is 2. The van der Waals surface area contributed by atoms with E-state index in [0.717, 1.165) is 44.9 Å². The van der Waals surface area contributed by atoms with Gasteiger partial charge in [-0.3, -0.25) is 0 Å². The third-order valence-electron chi connectivity index (χ3n) is 7.08. The Hall–Kier alpha value is -1.50. The van der Waals surface area contributed by atoms with Gasteiger partial charge in [-0.15, -0.1) is 0 Å². The lowest BCUT2D eigenvalue weighted by molar-refractivity contribution is -0.106. The van der Waals surface area contributed by atoms with Crippen molar-refractivity contribution in [3.63, 3.8) is 0 Å². The second kappa shape index (κ2) is 7.25. The van der Waals surface area contributed by atoms with E-state index >= 15 is 0 Å². The first-order valence-electron chi connectivity index (χ1n) is 9.98. The maximum atomic E-state index is 12.4. The highest BCUT2D eigenvalue weighted by Gasteiger charge is 2.52. The minimum Gasteiger partial charge on any atom is -0.450 e. The molecule has 26 heavy (non-hydrogen) atoms. The summed E-state index contributed by atoms with van der Waals surface area (Å²) in [4.78, 5) is 23.4. The van der Waals surface area contributed by atoms with Crippen molar-refractivity contribution in [2.75, 3.05) is 0 Å². The standard InChI is InChI=1S/C19H28O7/c20-14-7-8-15(13-4-2-1-3-12(13)14)24-19(23)26-17-11-6-5-10(9-11)16(17)25-18(21)22/h10-17,20H,1-9H2,(H,21,22). The van der Waals surface area contributed by atoms with Crippen LogP contribution in [0.5, 0.6) is 0 Å². The molecule has 8 atom stereocenters. The molecule has 0 radical (unpaired) electrons. The fourth-order valence-corrected chi connectivity index (χ4v) is 5.93. The van der Waals surface area contributed by atoms with Gasteiger partial charge in [0.15, 0.2) is 0 Å². The lowest BCUT2D eigenvalue weighted by atomic mass is 9.68. The summed E-state index contributed by atoms with van der Waals surface area (Å²) < 4.78 is 16.2. The van der Waals surface area contributed by atoms with E-state index < -0.39 is 24.5 Å². The fourth-order valence-electron chi connectivity index (χ4n) is 5.93. The van der Waals surface area contributed by atoms with Gasteiger partial charge in [0, 0.05) is 17.8 Å². The largest absolute Gasteiger partial charge is 0.508 e. The summed E-state index contributed by atoms with van der Waals surface area (Å²) in [6.45, 7) is 0. The molecule has 4 saturated carbocycles. The van der Waals surface area contributed by atoms with Crippen LogP contribution in [-0.4, -0.2) is 46.9 Å². The van der Waals surface area contributed by atoms with E-state index in [4.69, 9.17) is 19.3 Å². The molecule has 0 aromatic rings. The molecule has 4 fully saturated rings. The molecule has 4 rings (SSSR count). The number of carboxylic acid groups (broad SMARTS) is 1. The van der Waals surface area contributed by atoms with Gasteiger partial charge in [0.25, 0.3) is 0 Å². The lowest BCUT2D eigenvalue weighted by Crippen LogP contribution is -2.45. The van der Waals surface area contributed by atoms with Crippen LogP contribution in [0.1, 0.15) is 57.8 Å². The SMILES string of the molecule is O=C(O)OC1C2CCC(C2)C1OC(=O)OC1CCC(O)C2CCCCC12. The molecule has 146 valence electrons. The van der Waals surface area contributed by atoms with Crippen molar-refractivity contribution in [3.05, 3.63) is 0 Å². The number of aliphatic hydroxyl groups excluding tert-OH is 1. The lowest BCUT2D eigenvalue weighted by Gasteiger charge is -2.43. The normalized spacial score (nSPS) is 44.2. The molecule has 4 aliphatic carbocycles. The van der Waals surface area contributed by atoms with Gasteiger partial charge < -0.3 is 24.4 Å². The average molecular weight is 368 g/mol. The first-order valence-corrected chi connectivity index (χ1v) is 9.98. The van der Waals surface area contributed by atoms with Crippen molar-refractivity contribution in [3.8, 4) is 0 Å². The van der Waals surface area contributed by atoms with Crippen LogP contribution in [0.3, 0.4) is 0 Å². The van der Waals surface area contributed by atoms with Crippen molar-refractivity contribution in [1.82, 2.24) is 0 Å². The third-order valence-corrected chi connectivity index (χ3v) is 7.08. The molecule has 0 heterocycles. The van der Waals surface area contributed by atoms with Crippen LogP contribution in [-0.2, 0) is 14.2 Å². The molecule has 0 aromatic heterocycles. The van der Waals surface area contributed by atoms with Gasteiger partial charge in [-0.05, 0) is 50.9 Å². The van der Waals surface area contributed by atoms with Gasteiger partial charge in [0.05, 0.1) is 6.10 Å². The Morgan fingerprint density at radius 2 is 1.42 bits per heavy atom. The van der Waals surface area contributed by atoms with Crippen LogP contribution < -0.4 is 0 Å². The van der Waals surface area contributed by atoms with Crippen LogP contribution in [0.15, 0.2) is 0 Å². The Morgan fingerprint density at radius 1 is 0.769 bits per heavy atom. The van der Waals surface area contributed by atoms with E-state index in [2.05, 4.69) is 0 Å². The predicted molar refractivity (Wildman–Crippen MR) is 89.6 cm³/mol. The molecule has 0 spiro atoms. The number of ether oxygens (including phenoxy) is 3. The molecule has 0 amide bonds. The molecule has 7 heteroatoms. The van der Waals surface area contributed by atoms with Gasteiger partial charge in [0.2, 0.25) is 0 Å². The van der Waals surface area contributed by atoms with E-state index in [1.165, 1.54) is 0 Å². The smallest absolute Gasteiger partial charge is 0.450 e. The van der Waals surface area contributed by atoms with E-state index in [9.17, 15) is 14.7 Å². The van der Waals surface area contributed by atoms with Crippen LogP contribution in [0.4, 0.5) is 9.59 Å². The molecule has 0 saturated heterocycles. The van der Waals surface area contributed by atoms with Crippen molar-refractivity contribution in [2.24, 2.45) is 23.7 Å². The molecule has 2 bridgehead atoms. The van der Waals surface area contributed by atoms with Crippen LogP contribution in [0.25, 0.3) is 0 Å². The quantitative estimate of drug-likeness (QED) is 0.737. The summed E-state index contributed by atoms with van der Waals surface area (Å²) in [7, 11) is 0. The Morgan fingerprint density at radius 3 is 2.12 bits per heavy atom. The van der Waals surface area contributed by atoms with Gasteiger partial charge in [-0.1, -0.05) is 12.8 Å². The van der Waals surface area contributed by atoms with Crippen molar-refractivity contribution < 1.29 is 34.0 Å². The maximum Gasteiger partial charge on any atom is 0.508 e. The van der Waals surface area contributed by atoms with E-state index in [-0.39, 0.29) is 35.9 Å². The third kappa shape index (κ3) is 3.38. The number of hydrogen-bond acceptors (Lipinski definition) is 6. The zero-order chi connectivity index (χ0) is 18.3. The zero-order valence-corrected chi connectivity index (χ0v) is 14.9. The summed E-state index contributed by atoms with van der Waals surface area (Å²) in [6.07, 6.45) is 4.52. The number of aliphatic hydroxyl groups is 1. The van der Waals surface area contributed by atoms with Crippen molar-refractivity contribution in [1.29, 1.82) is 0 Å². The van der Waals surface area contributed by atoms with Gasteiger partial charge >= 0.3 is 12.3 Å². The molecular formula is C19H28O7. The Balaban J connectivity index is 1.36. The average Bonchev–Trinajstić information content (AvgIpc) is 3.20. The first-order chi connectivity index (χ1) is 12.5. The Kier molecular flexibility index (Phi) is 4.99. The van der Waals surface area contributed by atoms with E-state index in [1.807, 2.05) is 0 Å². The minimum absolute atomic E-state index is 0.140. The molecule has 8 unspecified atom stereocenters. The molecule has 4 aliphatic rings. The molecule has 7 nitrogen and oxygen atoms in total. The second-order valence-corrected chi connectivity index (χ2v) is 8.43. The number of carbonyl (C=O) groups excluding carboxylic acids is 1. The fraction of sp³-hybridized carbons (Fsp3) is 0.895. The Bertz CT molecular complexity index is 550. The van der Waals surface area contributed by atoms with Crippen LogP contribution >= 0.6 is 0 Å². The molecule has 2 N–H and O–H groups in total. The highest BCUT2D eigenvalue weighted by molar-refractivity contribution is 5.61. The summed E-state index contributed by atoms with van der Waals surface area (Å²) >= 11 is 0. The second-order valence-electron chi connectivity index (χ2n) is 8.43. The summed E-state index contributed by atoms with van der Waals surface area (Å²) in [5.74, 6) is 0.709.